The lowest BCUT2D eigenvalue weighted by Crippen LogP contribution is -2.50. The number of rotatable bonds is 7. The molecule has 1 aromatic rings. The fraction of sp³-hybridized carbons (Fsp3) is 0.792. The standard InChI is InChI=1S/C24H37N3O4/c1-5-6-17(25-22(30)20(28)23(2,3)4)21(29)26-19-10-18(31-27-19)24-11-14-7-15(12-24)9-16(8-14)13-24/h10,14-17,20,28H,5-9,11-13H2,1-4H3,(H,25,30)(H,26,27,29). The minimum Gasteiger partial charge on any atom is -0.383 e. The van der Waals surface area contributed by atoms with Gasteiger partial charge < -0.3 is 20.3 Å². The van der Waals surface area contributed by atoms with Gasteiger partial charge in [-0.2, -0.15) is 0 Å². The molecule has 1 aromatic heterocycles. The average molecular weight is 432 g/mol. The Morgan fingerprint density at radius 1 is 1.16 bits per heavy atom. The second-order valence-electron chi connectivity index (χ2n) is 11.4. The first-order chi connectivity index (χ1) is 14.6. The smallest absolute Gasteiger partial charge is 0.250 e. The van der Waals surface area contributed by atoms with Crippen molar-refractivity contribution in [3.8, 4) is 0 Å². The summed E-state index contributed by atoms with van der Waals surface area (Å²) < 4.78 is 5.76. The van der Waals surface area contributed by atoms with Crippen molar-refractivity contribution in [3.05, 3.63) is 11.8 Å². The van der Waals surface area contributed by atoms with Gasteiger partial charge in [-0.1, -0.05) is 39.3 Å². The zero-order valence-corrected chi connectivity index (χ0v) is 19.2. The molecular formula is C24H37N3O4. The fourth-order valence-electron chi connectivity index (χ4n) is 6.41. The molecule has 2 amide bonds. The topological polar surface area (TPSA) is 104 Å². The number of anilines is 1. The molecule has 4 aliphatic carbocycles. The summed E-state index contributed by atoms with van der Waals surface area (Å²) in [7, 11) is 0. The highest BCUT2D eigenvalue weighted by Crippen LogP contribution is 2.60. The van der Waals surface area contributed by atoms with E-state index < -0.39 is 23.5 Å². The molecule has 4 fully saturated rings. The molecule has 0 spiro atoms. The molecule has 1 heterocycles. The van der Waals surface area contributed by atoms with E-state index in [9.17, 15) is 14.7 Å². The number of amides is 2. The van der Waals surface area contributed by atoms with Crippen molar-refractivity contribution in [1.82, 2.24) is 10.5 Å². The summed E-state index contributed by atoms with van der Waals surface area (Å²) in [5.41, 5.74) is -0.519. The van der Waals surface area contributed by atoms with E-state index in [0.717, 1.165) is 29.9 Å². The van der Waals surface area contributed by atoms with Crippen LogP contribution < -0.4 is 10.6 Å². The fourth-order valence-corrected chi connectivity index (χ4v) is 6.41. The van der Waals surface area contributed by atoms with Gasteiger partial charge >= 0.3 is 0 Å². The number of hydrogen-bond acceptors (Lipinski definition) is 5. The summed E-state index contributed by atoms with van der Waals surface area (Å²) in [6.07, 6.45) is 7.59. The van der Waals surface area contributed by atoms with Gasteiger partial charge in [-0.05, 0) is 68.1 Å². The van der Waals surface area contributed by atoms with E-state index in [0.29, 0.717) is 12.2 Å². The van der Waals surface area contributed by atoms with Crippen molar-refractivity contribution in [2.24, 2.45) is 23.2 Å². The van der Waals surface area contributed by atoms with Crippen LogP contribution >= 0.6 is 0 Å². The van der Waals surface area contributed by atoms with Gasteiger partial charge in [0.15, 0.2) is 5.82 Å². The van der Waals surface area contributed by atoms with Crippen LogP contribution in [0, 0.1) is 23.2 Å². The predicted octanol–water partition coefficient (Wildman–Crippen LogP) is 3.77. The molecule has 0 radical (unpaired) electrons. The Kier molecular flexibility index (Phi) is 5.92. The molecule has 0 saturated heterocycles. The summed E-state index contributed by atoms with van der Waals surface area (Å²) >= 11 is 0. The number of carbonyl (C=O) groups is 2. The molecule has 4 bridgehead atoms. The maximum absolute atomic E-state index is 12.9. The lowest BCUT2D eigenvalue weighted by atomic mass is 9.49. The molecule has 4 saturated carbocycles. The van der Waals surface area contributed by atoms with Gasteiger partial charge in [-0.25, -0.2) is 0 Å². The highest BCUT2D eigenvalue weighted by Gasteiger charge is 2.53. The summed E-state index contributed by atoms with van der Waals surface area (Å²) in [5.74, 6) is 2.84. The van der Waals surface area contributed by atoms with Crippen LogP contribution in [0.4, 0.5) is 5.82 Å². The molecule has 0 aliphatic heterocycles. The van der Waals surface area contributed by atoms with Crippen molar-refractivity contribution in [2.75, 3.05) is 5.32 Å². The van der Waals surface area contributed by atoms with Crippen LogP contribution in [0.15, 0.2) is 10.6 Å². The van der Waals surface area contributed by atoms with Gasteiger partial charge in [0.05, 0.1) is 0 Å². The third-order valence-corrected chi connectivity index (χ3v) is 7.60. The Morgan fingerprint density at radius 3 is 2.26 bits per heavy atom. The van der Waals surface area contributed by atoms with Crippen LogP contribution in [0.5, 0.6) is 0 Å². The van der Waals surface area contributed by atoms with Gasteiger partial charge in [0.2, 0.25) is 11.8 Å². The van der Waals surface area contributed by atoms with Crippen LogP contribution in [-0.4, -0.2) is 34.2 Å². The van der Waals surface area contributed by atoms with Crippen LogP contribution in [0.2, 0.25) is 0 Å². The van der Waals surface area contributed by atoms with E-state index in [1.807, 2.05) is 13.0 Å². The van der Waals surface area contributed by atoms with E-state index in [2.05, 4.69) is 15.8 Å². The number of nitrogens with zero attached hydrogens (tertiary/aromatic N) is 1. The molecule has 3 N–H and O–H groups in total. The first-order valence-electron chi connectivity index (χ1n) is 11.9. The summed E-state index contributed by atoms with van der Waals surface area (Å²) in [6, 6.07) is 1.16. The van der Waals surface area contributed by atoms with Gasteiger partial charge in [-0.15, -0.1) is 0 Å². The molecule has 2 atom stereocenters. The number of aromatic nitrogens is 1. The van der Waals surface area contributed by atoms with E-state index in [-0.39, 0.29) is 11.3 Å². The van der Waals surface area contributed by atoms with E-state index >= 15 is 0 Å². The van der Waals surface area contributed by atoms with Crippen molar-refractivity contribution in [2.45, 2.75) is 96.6 Å². The van der Waals surface area contributed by atoms with Crippen LogP contribution in [-0.2, 0) is 15.0 Å². The molecular weight excluding hydrogens is 394 g/mol. The highest BCUT2D eigenvalue weighted by molar-refractivity contribution is 5.97. The number of nitrogens with one attached hydrogen (secondary N) is 2. The maximum atomic E-state index is 12.9. The van der Waals surface area contributed by atoms with Gasteiger partial charge in [0.1, 0.15) is 17.9 Å². The number of carbonyl (C=O) groups excluding carboxylic acids is 2. The van der Waals surface area contributed by atoms with Crippen molar-refractivity contribution in [3.63, 3.8) is 0 Å². The molecule has 172 valence electrons. The number of aliphatic hydroxyl groups is 1. The largest absolute Gasteiger partial charge is 0.383 e. The normalized spacial score (nSPS) is 31.3. The molecule has 0 aromatic carbocycles. The highest BCUT2D eigenvalue weighted by atomic mass is 16.5. The Morgan fingerprint density at radius 2 is 1.74 bits per heavy atom. The van der Waals surface area contributed by atoms with Crippen molar-refractivity contribution in [1.29, 1.82) is 0 Å². The zero-order chi connectivity index (χ0) is 22.4. The predicted molar refractivity (Wildman–Crippen MR) is 117 cm³/mol. The van der Waals surface area contributed by atoms with Gasteiger partial charge in [-0.3, -0.25) is 9.59 Å². The monoisotopic (exact) mass is 431 g/mol. The van der Waals surface area contributed by atoms with E-state index in [1.54, 1.807) is 20.8 Å². The van der Waals surface area contributed by atoms with Crippen LogP contribution in [0.25, 0.3) is 0 Å². The van der Waals surface area contributed by atoms with Gasteiger partial charge in [0.25, 0.3) is 0 Å². The second-order valence-corrected chi connectivity index (χ2v) is 11.4. The van der Waals surface area contributed by atoms with Crippen LogP contribution in [0.3, 0.4) is 0 Å². The first kappa shape index (κ1) is 22.3. The Labute approximate surface area is 184 Å². The third kappa shape index (κ3) is 4.52. The summed E-state index contributed by atoms with van der Waals surface area (Å²) in [5, 5.41) is 19.9. The Bertz CT molecular complexity index is 790. The molecule has 7 heteroatoms. The zero-order valence-electron chi connectivity index (χ0n) is 19.2. The van der Waals surface area contributed by atoms with E-state index in [4.69, 9.17) is 4.52 Å². The van der Waals surface area contributed by atoms with Crippen molar-refractivity contribution < 1.29 is 19.2 Å². The minimum atomic E-state index is -1.19. The number of hydrogen-bond donors (Lipinski definition) is 3. The lowest BCUT2D eigenvalue weighted by Gasteiger charge is -2.55. The molecule has 31 heavy (non-hydrogen) atoms. The maximum Gasteiger partial charge on any atom is 0.250 e. The summed E-state index contributed by atoms with van der Waals surface area (Å²) in [6.45, 7) is 7.31. The minimum absolute atomic E-state index is 0.0819. The lowest BCUT2D eigenvalue weighted by molar-refractivity contribution is -0.137. The summed E-state index contributed by atoms with van der Waals surface area (Å²) in [4.78, 5) is 25.3. The van der Waals surface area contributed by atoms with E-state index in [1.165, 1.54) is 38.5 Å². The molecule has 2 unspecified atom stereocenters. The molecule has 5 rings (SSSR count). The second kappa shape index (κ2) is 8.23. The molecule has 7 nitrogen and oxygen atoms in total. The number of aliphatic hydroxyl groups excluding tert-OH is 1. The Hall–Kier alpha value is -1.89. The quantitative estimate of drug-likeness (QED) is 0.609. The van der Waals surface area contributed by atoms with Crippen molar-refractivity contribution >= 4 is 17.6 Å². The first-order valence-corrected chi connectivity index (χ1v) is 11.9. The SMILES string of the molecule is CCCC(NC(=O)C(O)C(C)(C)C)C(=O)Nc1cc(C23CC4CC(CC(C4)C2)C3)on1. The van der Waals surface area contributed by atoms with Gasteiger partial charge in [0, 0.05) is 11.5 Å². The molecule has 4 aliphatic rings. The van der Waals surface area contributed by atoms with Crippen LogP contribution in [0.1, 0.15) is 84.8 Å². The average Bonchev–Trinajstić information content (AvgIpc) is 3.14. The third-order valence-electron chi connectivity index (χ3n) is 7.60. The Balaban J connectivity index is 1.42.